The standard InChI is InChI=1S/C31H50NO2/c1-5-32(6-2,7-3)26-16-14-12-10-8-9-11-13-15-17-27-34-31-24-20-29(21-25-31)28-18-22-30(33-4)23-19-28/h18-25H,5-17,26-27H2,1-4H3/q+1. The van der Waals surface area contributed by atoms with E-state index in [-0.39, 0.29) is 0 Å². The van der Waals surface area contributed by atoms with Gasteiger partial charge in [-0.05, 0) is 75.4 Å². The highest BCUT2D eigenvalue weighted by Gasteiger charge is 2.19. The fourth-order valence-electron chi connectivity index (χ4n) is 4.83. The molecule has 0 aromatic heterocycles. The van der Waals surface area contributed by atoms with Gasteiger partial charge in [0.25, 0.3) is 0 Å². The Labute approximate surface area is 210 Å². The number of quaternary nitrogens is 1. The van der Waals surface area contributed by atoms with E-state index in [9.17, 15) is 0 Å². The highest BCUT2D eigenvalue weighted by atomic mass is 16.5. The first-order valence-electron chi connectivity index (χ1n) is 13.9. The summed E-state index contributed by atoms with van der Waals surface area (Å²) in [6, 6.07) is 16.6. The predicted molar refractivity (Wildman–Crippen MR) is 147 cm³/mol. The summed E-state index contributed by atoms with van der Waals surface area (Å²) in [6.45, 7) is 13.1. The van der Waals surface area contributed by atoms with Crippen LogP contribution < -0.4 is 9.47 Å². The van der Waals surface area contributed by atoms with E-state index in [4.69, 9.17) is 9.47 Å². The van der Waals surface area contributed by atoms with Crippen molar-refractivity contribution in [2.45, 2.75) is 85.0 Å². The lowest BCUT2D eigenvalue weighted by molar-refractivity contribution is -0.923. The van der Waals surface area contributed by atoms with Crippen molar-refractivity contribution in [1.29, 1.82) is 0 Å². The van der Waals surface area contributed by atoms with Crippen LogP contribution in [0.1, 0.15) is 85.0 Å². The van der Waals surface area contributed by atoms with Gasteiger partial charge in [0.05, 0.1) is 39.9 Å². The maximum Gasteiger partial charge on any atom is 0.119 e. The SMILES string of the molecule is CC[N+](CC)(CC)CCCCCCCCCCCCOc1ccc(-c2ccc(OC)cc2)cc1. The lowest BCUT2D eigenvalue weighted by Gasteiger charge is -2.35. The molecule has 0 atom stereocenters. The van der Waals surface area contributed by atoms with Gasteiger partial charge in [0, 0.05) is 0 Å². The van der Waals surface area contributed by atoms with Crippen molar-refractivity contribution in [2.24, 2.45) is 0 Å². The molecule has 0 saturated heterocycles. The number of methoxy groups -OCH3 is 1. The summed E-state index contributed by atoms with van der Waals surface area (Å²) in [5.74, 6) is 1.85. The molecule has 0 amide bonds. The minimum absolute atomic E-state index is 0.815. The Morgan fingerprint density at radius 2 is 0.941 bits per heavy atom. The molecule has 0 heterocycles. The number of rotatable bonds is 19. The van der Waals surface area contributed by atoms with Crippen molar-refractivity contribution in [3.63, 3.8) is 0 Å². The molecular formula is C31H50NO2+. The fraction of sp³-hybridized carbons (Fsp3) is 0.613. The van der Waals surface area contributed by atoms with E-state index in [0.717, 1.165) is 24.5 Å². The van der Waals surface area contributed by atoms with Gasteiger partial charge in [-0.2, -0.15) is 0 Å². The molecule has 0 aliphatic heterocycles. The van der Waals surface area contributed by atoms with Gasteiger partial charge >= 0.3 is 0 Å². The number of ether oxygens (including phenoxy) is 2. The molecule has 0 fully saturated rings. The van der Waals surface area contributed by atoms with Crippen LogP contribution >= 0.6 is 0 Å². The molecule has 0 bridgehead atoms. The predicted octanol–water partition coefficient (Wildman–Crippen LogP) is 8.52. The highest BCUT2D eigenvalue weighted by Crippen LogP contribution is 2.24. The maximum absolute atomic E-state index is 5.94. The third-order valence-electron chi connectivity index (χ3n) is 7.59. The third-order valence-corrected chi connectivity index (χ3v) is 7.59. The molecule has 0 radical (unpaired) electrons. The molecular weight excluding hydrogens is 418 g/mol. The molecule has 3 heteroatoms. The maximum atomic E-state index is 5.94. The van der Waals surface area contributed by atoms with Crippen LogP contribution in [-0.2, 0) is 0 Å². The average Bonchev–Trinajstić information content (AvgIpc) is 2.90. The fourth-order valence-corrected chi connectivity index (χ4v) is 4.83. The second kappa shape index (κ2) is 16.6. The molecule has 190 valence electrons. The summed E-state index contributed by atoms with van der Waals surface area (Å²) >= 11 is 0. The molecule has 34 heavy (non-hydrogen) atoms. The first-order chi connectivity index (χ1) is 16.7. The second-order valence-corrected chi connectivity index (χ2v) is 9.65. The first-order valence-corrected chi connectivity index (χ1v) is 13.9. The van der Waals surface area contributed by atoms with Gasteiger partial charge in [0.1, 0.15) is 11.5 Å². The van der Waals surface area contributed by atoms with Crippen LogP contribution in [0.4, 0.5) is 0 Å². The Morgan fingerprint density at radius 1 is 0.529 bits per heavy atom. The Balaban J connectivity index is 1.45. The summed E-state index contributed by atoms with van der Waals surface area (Å²) in [5, 5.41) is 0. The van der Waals surface area contributed by atoms with E-state index >= 15 is 0 Å². The van der Waals surface area contributed by atoms with Crippen LogP contribution in [0.25, 0.3) is 11.1 Å². The molecule has 2 aromatic carbocycles. The van der Waals surface area contributed by atoms with Gasteiger partial charge in [0.2, 0.25) is 0 Å². The number of hydrogen-bond acceptors (Lipinski definition) is 2. The van der Waals surface area contributed by atoms with Gasteiger partial charge in [-0.1, -0.05) is 69.2 Å². The topological polar surface area (TPSA) is 18.5 Å². The largest absolute Gasteiger partial charge is 0.497 e. The summed E-state index contributed by atoms with van der Waals surface area (Å²) < 4.78 is 12.5. The number of nitrogens with zero attached hydrogens (tertiary/aromatic N) is 1. The molecule has 2 rings (SSSR count). The van der Waals surface area contributed by atoms with E-state index < -0.39 is 0 Å². The lowest BCUT2D eigenvalue weighted by atomic mass is 10.1. The first kappa shape index (κ1) is 28.2. The summed E-state index contributed by atoms with van der Waals surface area (Å²) in [5.41, 5.74) is 2.39. The van der Waals surface area contributed by atoms with Crippen LogP contribution in [0.2, 0.25) is 0 Å². The van der Waals surface area contributed by atoms with Crippen LogP contribution in [-0.4, -0.2) is 44.4 Å². The molecule has 2 aromatic rings. The van der Waals surface area contributed by atoms with Gasteiger partial charge in [0.15, 0.2) is 0 Å². The number of unbranched alkanes of at least 4 members (excludes halogenated alkanes) is 9. The molecule has 3 nitrogen and oxygen atoms in total. The van der Waals surface area contributed by atoms with Crippen molar-refractivity contribution in [1.82, 2.24) is 0 Å². The lowest BCUT2D eigenvalue weighted by Crippen LogP contribution is -2.48. The van der Waals surface area contributed by atoms with Crippen molar-refractivity contribution < 1.29 is 14.0 Å². The average molecular weight is 469 g/mol. The highest BCUT2D eigenvalue weighted by molar-refractivity contribution is 5.64. The van der Waals surface area contributed by atoms with Gasteiger partial charge in [-0.3, -0.25) is 0 Å². The van der Waals surface area contributed by atoms with E-state index in [2.05, 4.69) is 57.2 Å². The van der Waals surface area contributed by atoms with Gasteiger partial charge in [-0.25, -0.2) is 0 Å². The van der Waals surface area contributed by atoms with Crippen molar-refractivity contribution in [3.8, 4) is 22.6 Å². The quantitative estimate of drug-likeness (QED) is 0.152. The van der Waals surface area contributed by atoms with Crippen LogP contribution in [0.3, 0.4) is 0 Å². The Morgan fingerprint density at radius 3 is 1.38 bits per heavy atom. The molecule has 0 N–H and O–H groups in total. The summed E-state index contributed by atoms with van der Waals surface area (Å²) in [6.07, 6.45) is 13.6. The van der Waals surface area contributed by atoms with Crippen LogP contribution in [0, 0.1) is 0 Å². The molecule has 0 unspecified atom stereocenters. The Kier molecular flexibility index (Phi) is 13.8. The van der Waals surface area contributed by atoms with Crippen molar-refractivity contribution in [2.75, 3.05) is 39.9 Å². The van der Waals surface area contributed by atoms with E-state index in [1.165, 1.54) is 99.6 Å². The summed E-state index contributed by atoms with van der Waals surface area (Å²) in [4.78, 5) is 0. The van der Waals surface area contributed by atoms with E-state index in [1.54, 1.807) is 7.11 Å². The van der Waals surface area contributed by atoms with Crippen molar-refractivity contribution in [3.05, 3.63) is 48.5 Å². The molecule has 0 aliphatic rings. The van der Waals surface area contributed by atoms with Crippen LogP contribution in [0.15, 0.2) is 48.5 Å². The zero-order chi connectivity index (χ0) is 24.5. The van der Waals surface area contributed by atoms with E-state index in [1.807, 2.05) is 12.1 Å². The molecule has 0 aliphatic carbocycles. The Bertz CT molecular complexity index is 742. The molecule has 0 spiro atoms. The van der Waals surface area contributed by atoms with E-state index in [0.29, 0.717) is 0 Å². The van der Waals surface area contributed by atoms with Gasteiger partial charge < -0.3 is 14.0 Å². The summed E-state index contributed by atoms with van der Waals surface area (Å²) in [7, 11) is 1.69. The number of benzene rings is 2. The van der Waals surface area contributed by atoms with Gasteiger partial charge in [-0.15, -0.1) is 0 Å². The normalized spacial score (nSPS) is 11.5. The zero-order valence-corrected chi connectivity index (χ0v) is 22.5. The van der Waals surface area contributed by atoms with Crippen molar-refractivity contribution >= 4 is 0 Å². The van der Waals surface area contributed by atoms with Crippen LogP contribution in [0.5, 0.6) is 11.5 Å². The minimum Gasteiger partial charge on any atom is -0.497 e. The third kappa shape index (κ3) is 10.1. The number of hydrogen-bond donors (Lipinski definition) is 0. The Hall–Kier alpha value is -2.00. The minimum atomic E-state index is 0.815. The second-order valence-electron chi connectivity index (χ2n) is 9.65. The monoisotopic (exact) mass is 468 g/mol. The molecule has 0 saturated carbocycles. The smallest absolute Gasteiger partial charge is 0.119 e. The zero-order valence-electron chi connectivity index (χ0n) is 22.5.